The third-order valence-corrected chi connectivity index (χ3v) is 10.3. The minimum Gasteiger partial charge on any atom is -0.309 e. The molecule has 6 aromatic carbocycles. The predicted molar refractivity (Wildman–Crippen MR) is 185 cm³/mol. The van der Waals surface area contributed by atoms with Crippen molar-refractivity contribution < 1.29 is 0 Å². The molecule has 1 aliphatic rings. The molecule has 212 valence electrons. The molecule has 1 unspecified atom stereocenters. The average molecular weight is 567 g/mol. The Morgan fingerprint density at radius 2 is 1.05 bits per heavy atom. The van der Waals surface area contributed by atoms with E-state index in [2.05, 4.69) is 163 Å². The number of nitrogens with zero attached hydrogens (tertiary/aromatic N) is 2. The fourth-order valence-electron chi connectivity index (χ4n) is 8.15. The summed E-state index contributed by atoms with van der Waals surface area (Å²) >= 11 is 0. The maximum atomic E-state index is 2.51. The van der Waals surface area contributed by atoms with Crippen LogP contribution in [0.5, 0.6) is 0 Å². The summed E-state index contributed by atoms with van der Waals surface area (Å²) in [7, 11) is 0. The molecule has 0 amide bonds. The minimum atomic E-state index is 0.302. The SMILES string of the molecule is CC1Cc2ccc3c(c2[C@@H](c2ccc4c(c2)c2ccccc2n4-c2ccccc2)[C@@H]1C)c1ccccc1n3-c1ccccc1. The zero-order valence-electron chi connectivity index (χ0n) is 25.1. The van der Waals surface area contributed by atoms with Crippen molar-refractivity contribution in [2.45, 2.75) is 26.2 Å². The fraction of sp³-hybridized carbons (Fsp3) is 0.143. The Bertz CT molecular complexity index is 2340. The van der Waals surface area contributed by atoms with E-state index in [-0.39, 0.29) is 0 Å². The van der Waals surface area contributed by atoms with Crippen molar-refractivity contribution in [1.29, 1.82) is 0 Å². The monoisotopic (exact) mass is 566 g/mol. The van der Waals surface area contributed by atoms with E-state index in [0.717, 1.165) is 6.42 Å². The van der Waals surface area contributed by atoms with Crippen molar-refractivity contribution in [3.8, 4) is 11.4 Å². The van der Waals surface area contributed by atoms with Gasteiger partial charge in [0, 0.05) is 38.8 Å². The van der Waals surface area contributed by atoms with E-state index in [0.29, 0.717) is 17.8 Å². The van der Waals surface area contributed by atoms with Crippen LogP contribution in [0.4, 0.5) is 0 Å². The van der Waals surface area contributed by atoms with Gasteiger partial charge >= 0.3 is 0 Å². The Morgan fingerprint density at radius 3 is 1.75 bits per heavy atom. The van der Waals surface area contributed by atoms with Gasteiger partial charge in [-0.25, -0.2) is 0 Å². The molecule has 44 heavy (non-hydrogen) atoms. The van der Waals surface area contributed by atoms with Crippen LogP contribution in [0.1, 0.15) is 36.5 Å². The van der Waals surface area contributed by atoms with Gasteiger partial charge in [0.1, 0.15) is 0 Å². The summed E-state index contributed by atoms with van der Waals surface area (Å²) in [5, 5.41) is 5.39. The van der Waals surface area contributed by atoms with Crippen molar-refractivity contribution in [2.24, 2.45) is 11.8 Å². The highest BCUT2D eigenvalue weighted by atomic mass is 15.0. The molecule has 1 aliphatic carbocycles. The molecule has 2 heteroatoms. The van der Waals surface area contributed by atoms with Crippen LogP contribution >= 0.6 is 0 Å². The molecule has 0 aliphatic heterocycles. The zero-order chi connectivity index (χ0) is 29.4. The highest BCUT2D eigenvalue weighted by Gasteiger charge is 2.35. The molecule has 0 spiro atoms. The standard InChI is InChI=1S/C42H34N2/c1-27-25-29-22-24-39-42(34-18-10-12-20-37(34)44(39)32-15-7-4-8-16-32)41(29)40(28(27)2)30-21-23-38-35(26-30)33-17-9-11-19-36(33)43(38)31-13-5-3-6-14-31/h3-24,26-28,40H,25H2,1-2H3/t27?,28-,40-/m1/s1. The lowest BCUT2D eigenvalue weighted by Gasteiger charge is -2.37. The smallest absolute Gasteiger partial charge is 0.0544 e. The molecule has 8 aromatic rings. The van der Waals surface area contributed by atoms with E-state index in [1.807, 2.05) is 0 Å². The third kappa shape index (κ3) is 3.61. The van der Waals surface area contributed by atoms with Gasteiger partial charge in [-0.1, -0.05) is 98.8 Å². The van der Waals surface area contributed by atoms with Crippen molar-refractivity contribution in [1.82, 2.24) is 9.13 Å². The second kappa shape index (κ2) is 9.72. The summed E-state index contributed by atoms with van der Waals surface area (Å²) in [5.74, 6) is 1.40. The highest BCUT2D eigenvalue weighted by Crippen LogP contribution is 2.49. The highest BCUT2D eigenvalue weighted by molar-refractivity contribution is 6.12. The van der Waals surface area contributed by atoms with Crippen LogP contribution in [0, 0.1) is 11.8 Å². The maximum Gasteiger partial charge on any atom is 0.0544 e. The molecule has 2 heterocycles. The largest absolute Gasteiger partial charge is 0.309 e. The molecule has 2 aromatic heterocycles. The molecule has 0 bridgehead atoms. The Balaban J connectivity index is 1.34. The summed E-state index contributed by atoms with van der Waals surface area (Å²) in [6.07, 6.45) is 1.11. The number of aromatic nitrogens is 2. The van der Waals surface area contributed by atoms with Gasteiger partial charge in [-0.2, -0.15) is 0 Å². The second-order valence-electron chi connectivity index (χ2n) is 12.7. The molecule has 0 radical (unpaired) electrons. The van der Waals surface area contributed by atoms with Crippen LogP contribution in [0.3, 0.4) is 0 Å². The number of benzene rings is 6. The van der Waals surface area contributed by atoms with Gasteiger partial charge in [-0.05, 0) is 89.5 Å². The number of para-hydroxylation sites is 4. The lowest BCUT2D eigenvalue weighted by atomic mass is 9.67. The molecular formula is C42H34N2. The van der Waals surface area contributed by atoms with E-state index in [9.17, 15) is 0 Å². The maximum absolute atomic E-state index is 2.51. The quantitative estimate of drug-likeness (QED) is 0.201. The first kappa shape index (κ1) is 25.4. The van der Waals surface area contributed by atoms with E-state index in [1.54, 1.807) is 0 Å². The normalized spacial score (nSPS) is 18.4. The minimum absolute atomic E-state index is 0.302. The summed E-state index contributed by atoms with van der Waals surface area (Å²) in [5.41, 5.74) is 11.9. The summed E-state index contributed by atoms with van der Waals surface area (Å²) < 4.78 is 4.88. The topological polar surface area (TPSA) is 9.86 Å². The van der Waals surface area contributed by atoms with Crippen LogP contribution in [-0.2, 0) is 6.42 Å². The third-order valence-electron chi connectivity index (χ3n) is 10.3. The lowest BCUT2D eigenvalue weighted by molar-refractivity contribution is 0.328. The Hall–Kier alpha value is -5.08. The van der Waals surface area contributed by atoms with Crippen molar-refractivity contribution in [3.63, 3.8) is 0 Å². The molecule has 0 N–H and O–H groups in total. The van der Waals surface area contributed by atoms with E-state index in [1.165, 1.54) is 71.7 Å². The molecule has 2 nitrogen and oxygen atoms in total. The van der Waals surface area contributed by atoms with Gasteiger partial charge in [0.2, 0.25) is 0 Å². The van der Waals surface area contributed by atoms with Crippen molar-refractivity contribution >= 4 is 43.6 Å². The van der Waals surface area contributed by atoms with Crippen LogP contribution in [0.2, 0.25) is 0 Å². The van der Waals surface area contributed by atoms with Crippen molar-refractivity contribution in [3.05, 3.63) is 156 Å². The van der Waals surface area contributed by atoms with Gasteiger partial charge in [0.05, 0.1) is 22.1 Å². The Labute approximate surface area is 257 Å². The van der Waals surface area contributed by atoms with Gasteiger partial charge in [-0.15, -0.1) is 0 Å². The molecule has 0 saturated carbocycles. The number of hydrogen-bond acceptors (Lipinski definition) is 0. The van der Waals surface area contributed by atoms with Crippen LogP contribution in [-0.4, -0.2) is 9.13 Å². The van der Waals surface area contributed by atoms with Crippen molar-refractivity contribution in [2.75, 3.05) is 0 Å². The first-order valence-corrected chi connectivity index (χ1v) is 15.9. The first-order valence-electron chi connectivity index (χ1n) is 15.9. The van der Waals surface area contributed by atoms with E-state index in [4.69, 9.17) is 0 Å². The molecule has 9 rings (SSSR count). The molecule has 0 fully saturated rings. The fourth-order valence-corrected chi connectivity index (χ4v) is 8.15. The predicted octanol–water partition coefficient (Wildman–Crippen LogP) is 10.8. The number of rotatable bonds is 3. The van der Waals surface area contributed by atoms with Crippen LogP contribution < -0.4 is 0 Å². The Morgan fingerprint density at radius 1 is 0.500 bits per heavy atom. The van der Waals surface area contributed by atoms with E-state index >= 15 is 0 Å². The first-order chi connectivity index (χ1) is 21.7. The number of hydrogen-bond donors (Lipinski definition) is 0. The average Bonchev–Trinajstić information content (AvgIpc) is 3.59. The van der Waals surface area contributed by atoms with Gasteiger partial charge in [-0.3, -0.25) is 0 Å². The van der Waals surface area contributed by atoms with Gasteiger partial charge in [0.25, 0.3) is 0 Å². The summed E-state index contributed by atoms with van der Waals surface area (Å²) in [6, 6.07) is 51.5. The van der Waals surface area contributed by atoms with Gasteiger partial charge < -0.3 is 9.13 Å². The van der Waals surface area contributed by atoms with E-state index < -0.39 is 0 Å². The Kier molecular flexibility index (Phi) is 5.62. The summed E-state index contributed by atoms with van der Waals surface area (Å²) in [6.45, 7) is 4.92. The molecule has 3 atom stereocenters. The van der Waals surface area contributed by atoms with Gasteiger partial charge in [0.15, 0.2) is 0 Å². The zero-order valence-corrected chi connectivity index (χ0v) is 25.1. The number of fused-ring (bicyclic) bond motifs is 8. The second-order valence-corrected chi connectivity index (χ2v) is 12.7. The molecular weight excluding hydrogens is 532 g/mol. The van der Waals surface area contributed by atoms with Crippen LogP contribution in [0.15, 0.2) is 140 Å². The lowest BCUT2D eigenvalue weighted by Crippen LogP contribution is -2.27. The summed E-state index contributed by atoms with van der Waals surface area (Å²) in [4.78, 5) is 0. The molecule has 0 saturated heterocycles. The van der Waals surface area contributed by atoms with Crippen LogP contribution in [0.25, 0.3) is 55.0 Å².